The van der Waals surface area contributed by atoms with Gasteiger partial charge in [0, 0.05) is 19.5 Å². The number of methoxy groups -OCH3 is 1. The third-order valence-corrected chi connectivity index (χ3v) is 6.74. The van der Waals surface area contributed by atoms with Crippen molar-refractivity contribution < 1.29 is 51.7 Å². The standard InChI is InChI=1S/C33H35F3N4O8/c1-46-26-16-10-22(11-17-26)20-39-32(45)37-18-6-5-9-28(41)38-21-29(42)40-27(19-30(43)47-48-31(44)33(34,35)36)25-14-12-24(13-15-25)23-7-3-2-4-8-23/h2-4,7-8,10-17,27H,5-6,9,18-21H2,1H3,(H,38,41)(H,40,42)(H2,37,39,45). The van der Waals surface area contributed by atoms with E-state index in [0.29, 0.717) is 37.2 Å². The summed E-state index contributed by atoms with van der Waals surface area (Å²) in [5, 5.41) is 10.4. The van der Waals surface area contributed by atoms with Crippen LogP contribution in [0.1, 0.15) is 42.9 Å². The third kappa shape index (κ3) is 13.0. The summed E-state index contributed by atoms with van der Waals surface area (Å²) in [6.45, 7) is 0.190. The maximum absolute atomic E-state index is 12.7. The highest BCUT2D eigenvalue weighted by Gasteiger charge is 2.43. The van der Waals surface area contributed by atoms with Crippen molar-refractivity contribution in [3.05, 3.63) is 90.0 Å². The molecule has 0 aliphatic rings. The fraction of sp³-hybridized carbons (Fsp3) is 0.303. The van der Waals surface area contributed by atoms with E-state index in [1.54, 1.807) is 43.5 Å². The maximum atomic E-state index is 12.7. The molecular formula is C33H35F3N4O8. The molecule has 1 atom stereocenters. The molecular weight excluding hydrogens is 637 g/mol. The lowest BCUT2D eigenvalue weighted by molar-refractivity contribution is -0.286. The SMILES string of the molecule is COc1ccc(CNC(=O)NCCCCC(=O)NCC(=O)NC(CC(=O)OOC(=O)C(F)(F)F)c2ccc(-c3ccccc3)cc2)cc1. The van der Waals surface area contributed by atoms with E-state index in [9.17, 15) is 37.1 Å². The Morgan fingerprint density at radius 2 is 1.42 bits per heavy atom. The Bertz CT molecular complexity index is 1520. The highest BCUT2D eigenvalue weighted by Crippen LogP contribution is 2.24. The molecule has 48 heavy (non-hydrogen) atoms. The minimum Gasteiger partial charge on any atom is -0.497 e. The number of hydrogen-bond donors (Lipinski definition) is 4. The Kier molecular flexibility index (Phi) is 14.2. The number of amides is 4. The molecule has 0 saturated heterocycles. The Labute approximate surface area is 274 Å². The lowest BCUT2D eigenvalue weighted by Gasteiger charge is -2.19. The first-order chi connectivity index (χ1) is 22.9. The van der Waals surface area contributed by atoms with Crippen LogP contribution in [0, 0.1) is 0 Å². The minimum absolute atomic E-state index is 0.0731. The van der Waals surface area contributed by atoms with Crippen LogP contribution in [0.3, 0.4) is 0 Å². The second-order valence-corrected chi connectivity index (χ2v) is 10.3. The number of carbonyl (C=O) groups excluding carboxylic acids is 5. The summed E-state index contributed by atoms with van der Waals surface area (Å²) in [7, 11) is 1.56. The van der Waals surface area contributed by atoms with E-state index in [1.165, 1.54) is 0 Å². The molecule has 3 rings (SSSR count). The molecule has 4 amide bonds. The van der Waals surface area contributed by atoms with Crippen molar-refractivity contribution in [2.75, 3.05) is 20.2 Å². The lowest BCUT2D eigenvalue weighted by Crippen LogP contribution is -2.39. The molecule has 1 unspecified atom stereocenters. The van der Waals surface area contributed by atoms with Crippen molar-refractivity contribution in [3.63, 3.8) is 0 Å². The molecule has 0 aromatic heterocycles. The fourth-order valence-electron chi connectivity index (χ4n) is 4.24. The first-order valence-corrected chi connectivity index (χ1v) is 14.8. The van der Waals surface area contributed by atoms with Gasteiger partial charge in [0.2, 0.25) is 11.8 Å². The fourth-order valence-corrected chi connectivity index (χ4v) is 4.24. The molecule has 256 valence electrons. The van der Waals surface area contributed by atoms with Crippen LogP contribution in [0.4, 0.5) is 18.0 Å². The molecule has 4 N–H and O–H groups in total. The van der Waals surface area contributed by atoms with Gasteiger partial charge in [0.25, 0.3) is 0 Å². The molecule has 0 radical (unpaired) electrons. The van der Waals surface area contributed by atoms with Crippen molar-refractivity contribution in [2.45, 2.75) is 44.4 Å². The summed E-state index contributed by atoms with van der Waals surface area (Å²) in [6, 6.07) is 21.7. The van der Waals surface area contributed by atoms with Gasteiger partial charge in [-0.15, -0.1) is 0 Å². The van der Waals surface area contributed by atoms with E-state index >= 15 is 0 Å². The van der Waals surface area contributed by atoms with Crippen molar-refractivity contribution in [2.24, 2.45) is 0 Å². The van der Waals surface area contributed by atoms with Crippen LogP contribution < -0.4 is 26.0 Å². The summed E-state index contributed by atoms with van der Waals surface area (Å²) in [5.41, 5.74) is 3.01. The van der Waals surface area contributed by atoms with Gasteiger partial charge < -0.3 is 26.0 Å². The van der Waals surface area contributed by atoms with Crippen molar-refractivity contribution in [1.29, 1.82) is 0 Å². The number of carbonyl (C=O) groups is 5. The number of urea groups is 1. The van der Waals surface area contributed by atoms with Gasteiger partial charge in [-0.25, -0.2) is 24.2 Å². The second kappa shape index (κ2) is 18.5. The normalized spacial score (nSPS) is 11.4. The molecule has 0 aliphatic heterocycles. The molecule has 12 nitrogen and oxygen atoms in total. The maximum Gasteiger partial charge on any atom is 0.495 e. The van der Waals surface area contributed by atoms with Gasteiger partial charge in [-0.3, -0.25) is 9.59 Å². The zero-order chi connectivity index (χ0) is 34.9. The van der Waals surface area contributed by atoms with Crippen LogP contribution in [0.5, 0.6) is 5.75 Å². The average Bonchev–Trinajstić information content (AvgIpc) is 3.08. The summed E-state index contributed by atoms with van der Waals surface area (Å²) >= 11 is 0. The van der Waals surface area contributed by atoms with Crippen LogP contribution in [0.25, 0.3) is 11.1 Å². The number of ether oxygens (including phenoxy) is 1. The second-order valence-electron chi connectivity index (χ2n) is 10.3. The topological polar surface area (TPSA) is 161 Å². The molecule has 0 saturated carbocycles. The first kappa shape index (κ1) is 36.9. The van der Waals surface area contributed by atoms with Crippen molar-refractivity contribution in [3.8, 4) is 16.9 Å². The van der Waals surface area contributed by atoms with Gasteiger partial charge in [-0.05, 0) is 47.2 Å². The molecule has 3 aromatic carbocycles. The van der Waals surface area contributed by atoms with Crippen LogP contribution in [0.15, 0.2) is 78.9 Å². The highest BCUT2D eigenvalue weighted by molar-refractivity contribution is 5.85. The van der Waals surface area contributed by atoms with Gasteiger partial charge in [0.05, 0.1) is 26.1 Å². The number of halogens is 3. The van der Waals surface area contributed by atoms with E-state index in [4.69, 9.17) is 4.74 Å². The zero-order valence-corrected chi connectivity index (χ0v) is 25.9. The molecule has 0 heterocycles. The van der Waals surface area contributed by atoms with E-state index < -0.39 is 48.9 Å². The molecule has 0 spiro atoms. The molecule has 0 bridgehead atoms. The van der Waals surface area contributed by atoms with Crippen molar-refractivity contribution >= 4 is 29.8 Å². The summed E-state index contributed by atoms with van der Waals surface area (Å²) < 4.78 is 42.3. The average molecular weight is 673 g/mol. The van der Waals surface area contributed by atoms with Gasteiger partial charge in [0.15, 0.2) is 0 Å². The zero-order valence-electron chi connectivity index (χ0n) is 25.9. The van der Waals surface area contributed by atoms with Crippen LogP contribution in [-0.4, -0.2) is 56.2 Å². The van der Waals surface area contributed by atoms with E-state index in [2.05, 4.69) is 31.0 Å². The smallest absolute Gasteiger partial charge is 0.495 e. The third-order valence-electron chi connectivity index (χ3n) is 6.74. The van der Waals surface area contributed by atoms with Gasteiger partial charge in [0.1, 0.15) is 5.75 Å². The minimum atomic E-state index is -5.37. The largest absolute Gasteiger partial charge is 0.497 e. The molecule has 3 aromatic rings. The predicted molar refractivity (Wildman–Crippen MR) is 166 cm³/mol. The number of nitrogens with one attached hydrogen (secondary N) is 4. The van der Waals surface area contributed by atoms with Gasteiger partial charge in [-0.2, -0.15) is 13.2 Å². The number of rotatable bonds is 15. The Morgan fingerprint density at radius 1 is 0.750 bits per heavy atom. The Balaban J connectivity index is 1.43. The van der Waals surface area contributed by atoms with Crippen molar-refractivity contribution in [1.82, 2.24) is 21.3 Å². The number of alkyl halides is 3. The Morgan fingerprint density at radius 3 is 2.06 bits per heavy atom. The quantitative estimate of drug-likeness (QED) is 0.106. The summed E-state index contributed by atoms with van der Waals surface area (Å²) in [4.78, 5) is 67.6. The van der Waals surface area contributed by atoms with Crippen LogP contribution in [-0.2, 0) is 35.5 Å². The Hall–Kier alpha value is -5.60. The predicted octanol–water partition coefficient (Wildman–Crippen LogP) is 4.26. The first-order valence-electron chi connectivity index (χ1n) is 14.8. The van der Waals surface area contributed by atoms with Gasteiger partial charge >= 0.3 is 24.1 Å². The molecule has 15 heteroatoms. The monoisotopic (exact) mass is 672 g/mol. The highest BCUT2D eigenvalue weighted by atomic mass is 19.4. The number of unbranched alkanes of at least 4 members (excludes halogenated alkanes) is 1. The number of hydrogen-bond acceptors (Lipinski definition) is 8. The summed E-state index contributed by atoms with van der Waals surface area (Å²) in [5.74, 6) is -4.49. The summed E-state index contributed by atoms with van der Waals surface area (Å²) in [6.07, 6.45) is -5.06. The van der Waals surface area contributed by atoms with E-state index in [0.717, 1.165) is 16.7 Å². The van der Waals surface area contributed by atoms with Gasteiger partial charge in [-0.1, -0.05) is 66.7 Å². The van der Waals surface area contributed by atoms with Crippen LogP contribution >= 0.6 is 0 Å². The van der Waals surface area contributed by atoms with E-state index in [1.807, 2.05) is 42.5 Å². The molecule has 0 fully saturated rings. The molecule has 0 aliphatic carbocycles. The number of benzene rings is 3. The van der Waals surface area contributed by atoms with E-state index in [-0.39, 0.29) is 12.5 Å². The van der Waals surface area contributed by atoms with Crippen LogP contribution in [0.2, 0.25) is 0 Å². The lowest BCUT2D eigenvalue weighted by atomic mass is 9.99.